The number of fused-ring (bicyclic) bond motifs is 1. The Kier molecular flexibility index (Phi) is 4.69. The fourth-order valence-electron chi connectivity index (χ4n) is 3.88. The van der Waals surface area contributed by atoms with Crippen LogP contribution in [0.2, 0.25) is 0 Å². The Labute approximate surface area is 168 Å². The fraction of sp³-hybridized carbons (Fsp3) is 0.333. The Morgan fingerprint density at radius 3 is 2.86 bits per heavy atom. The van der Waals surface area contributed by atoms with Crippen LogP contribution in [0.25, 0.3) is 17.0 Å². The third-order valence-electron chi connectivity index (χ3n) is 5.45. The van der Waals surface area contributed by atoms with Crippen LogP contribution < -0.4 is 4.74 Å². The van der Waals surface area contributed by atoms with Crippen molar-refractivity contribution in [3.63, 3.8) is 0 Å². The van der Waals surface area contributed by atoms with E-state index in [0.29, 0.717) is 24.2 Å². The Balaban J connectivity index is 1.23. The molecule has 1 aromatic carbocycles. The Bertz CT molecular complexity index is 1110. The van der Waals surface area contributed by atoms with Crippen LogP contribution in [0.5, 0.6) is 5.75 Å². The number of piperidine rings is 1. The van der Waals surface area contributed by atoms with Crippen molar-refractivity contribution >= 4 is 5.65 Å². The van der Waals surface area contributed by atoms with E-state index < -0.39 is 0 Å². The van der Waals surface area contributed by atoms with Gasteiger partial charge in [0.1, 0.15) is 11.6 Å². The van der Waals surface area contributed by atoms with Gasteiger partial charge in [0, 0.05) is 17.7 Å². The maximum Gasteiger partial charge on any atom is 0.241 e. The van der Waals surface area contributed by atoms with E-state index >= 15 is 0 Å². The van der Waals surface area contributed by atoms with Gasteiger partial charge >= 0.3 is 0 Å². The van der Waals surface area contributed by atoms with Gasteiger partial charge in [-0.25, -0.2) is 0 Å². The van der Waals surface area contributed by atoms with Gasteiger partial charge in [0.05, 0.1) is 13.7 Å². The molecule has 1 fully saturated rings. The van der Waals surface area contributed by atoms with Crippen molar-refractivity contribution in [2.45, 2.75) is 25.3 Å². The van der Waals surface area contributed by atoms with Crippen LogP contribution in [-0.4, -0.2) is 49.8 Å². The van der Waals surface area contributed by atoms with Crippen molar-refractivity contribution in [2.24, 2.45) is 0 Å². The molecular formula is C21H22N6O2. The molecule has 0 unspecified atom stereocenters. The third-order valence-corrected chi connectivity index (χ3v) is 5.45. The first-order chi connectivity index (χ1) is 14.3. The number of hydrogen-bond donors (Lipinski definition) is 0. The van der Waals surface area contributed by atoms with Gasteiger partial charge in [0.2, 0.25) is 11.7 Å². The maximum atomic E-state index is 5.48. The zero-order valence-corrected chi connectivity index (χ0v) is 16.2. The lowest BCUT2D eigenvalue weighted by molar-refractivity contribution is 0.178. The van der Waals surface area contributed by atoms with Gasteiger partial charge in [-0.15, -0.1) is 10.2 Å². The SMILES string of the molecule is COc1cccc(-c2noc(CN3CCC(c4nnc5ccccn45)CC3)n2)c1. The van der Waals surface area contributed by atoms with E-state index in [1.165, 1.54) is 0 Å². The molecule has 1 aliphatic rings. The quantitative estimate of drug-likeness (QED) is 0.518. The maximum absolute atomic E-state index is 5.48. The van der Waals surface area contributed by atoms with Gasteiger partial charge in [0.25, 0.3) is 0 Å². The lowest BCUT2D eigenvalue weighted by atomic mass is 9.96. The van der Waals surface area contributed by atoms with Gasteiger partial charge in [0.15, 0.2) is 5.65 Å². The second-order valence-corrected chi connectivity index (χ2v) is 7.28. The van der Waals surface area contributed by atoms with Gasteiger partial charge < -0.3 is 9.26 Å². The molecule has 4 heterocycles. The number of ether oxygens (including phenoxy) is 1. The minimum atomic E-state index is 0.415. The van der Waals surface area contributed by atoms with Crippen molar-refractivity contribution in [2.75, 3.05) is 20.2 Å². The molecule has 8 nitrogen and oxygen atoms in total. The monoisotopic (exact) mass is 390 g/mol. The predicted molar refractivity (Wildman–Crippen MR) is 107 cm³/mol. The van der Waals surface area contributed by atoms with E-state index in [4.69, 9.17) is 9.26 Å². The summed E-state index contributed by atoms with van der Waals surface area (Å²) in [5, 5.41) is 12.8. The molecule has 5 rings (SSSR count). The molecule has 3 aromatic heterocycles. The summed E-state index contributed by atoms with van der Waals surface area (Å²) >= 11 is 0. The molecule has 0 atom stereocenters. The average molecular weight is 390 g/mol. The normalized spacial score (nSPS) is 15.8. The number of hydrogen-bond acceptors (Lipinski definition) is 7. The molecular weight excluding hydrogens is 368 g/mol. The van der Waals surface area contributed by atoms with Crippen LogP contribution in [0, 0.1) is 0 Å². The molecule has 0 saturated carbocycles. The summed E-state index contributed by atoms with van der Waals surface area (Å²) in [6.45, 7) is 2.58. The molecule has 148 valence electrons. The highest BCUT2D eigenvalue weighted by atomic mass is 16.5. The van der Waals surface area contributed by atoms with E-state index in [0.717, 1.165) is 48.7 Å². The lowest BCUT2D eigenvalue weighted by Gasteiger charge is -2.29. The first kappa shape index (κ1) is 17.8. The largest absolute Gasteiger partial charge is 0.497 e. The van der Waals surface area contributed by atoms with Crippen molar-refractivity contribution in [1.29, 1.82) is 0 Å². The predicted octanol–water partition coefficient (Wildman–Crippen LogP) is 3.17. The van der Waals surface area contributed by atoms with E-state index in [-0.39, 0.29) is 0 Å². The van der Waals surface area contributed by atoms with Gasteiger partial charge in [-0.05, 0) is 50.2 Å². The van der Waals surface area contributed by atoms with Gasteiger partial charge in [-0.1, -0.05) is 23.4 Å². The zero-order valence-electron chi connectivity index (χ0n) is 16.2. The highest BCUT2D eigenvalue weighted by molar-refractivity contribution is 5.56. The van der Waals surface area contributed by atoms with Crippen LogP contribution in [0.15, 0.2) is 53.2 Å². The van der Waals surface area contributed by atoms with Crippen LogP contribution in [0.1, 0.15) is 30.5 Å². The van der Waals surface area contributed by atoms with Crippen molar-refractivity contribution < 1.29 is 9.26 Å². The highest BCUT2D eigenvalue weighted by Crippen LogP contribution is 2.28. The second-order valence-electron chi connectivity index (χ2n) is 7.28. The molecule has 0 amide bonds. The molecule has 1 saturated heterocycles. The number of rotatable bonds is 5. The van der Waals surface area contributed by atoms with E-state index in [9.17, 15) is 0 Å². The van der Waals surface area contributed by atoms with Crippen LogP contribution in [-0.2, 0) is 6.54 Å². The Hall–Kier alpha value is -3.26. The van der Waals surface area contributed by atoms with Crippen LogP contribution in [0.4, 0.5) is 0 Å². The number of aromatic nitrogens is 5. The summed E-state index contributed by atoms with van der Waals surface area (Å²) in [6.07, 6.45) is 4.11. The van der Waals surface area contributed by atoms with Gasteiger partial charge in [-0.3, -0.25) is 9.30 Å². The minimum absolute atomic E-state index is 0.415. The van der Waals surface area contributed by atoms with Crippen molar-refractivity contribution in [3.05, 3.63) is 60.4 Å². The molecule has 0 spiro atoms. The summed E-state index contributed by atoms with van der Waals surface area (Å²) < 4.78 is 12.8. The number of likely N-dealkylation sites (tertiary alicyclic amines) is 1. The third kappa shape index (κ3) is 3.58. The van der Waals surface area contributed by atoms with Crippen molar-refractivity contribution in [1.82, 2.24) is 29.6 Å². The molecule has 4 aromatic rings. The topological polar surface area (TPSA) is 81.6 Å². The van der Waals surface area contributed by atoms with Crippen LogP contribution >= 0.6 is 0 Å². The number of nitrogens with zero attached hydrogens (tertiary/aromatic N) is 6. The molecule has 0 N–H and O–H groups in total. The Morgan fingerprint density at radius 2 is 2.00 bits per heavy atom. The fourth-order valence-corrected chi connectivity index (χ4v) is 3.88. The summed E-state index contributed by atoms with van der Waals surface area (Å²) in [5.74, 6) is 3.46. The summed E-state index contributed by atoms with van der Waals surface area (Å²) in [7, 11) is 1.65. The summed E-state index contributed by atoms with van der Waals surface area (Å²) in [6, 6.07) is 13.7. The summed E-state index contributed by atoms with van der Waals surface area (Å²) in [5.41, 5.74) is 1.79. The van der Waals surface area contributed by atoms with E-state index in [1.54, 1.807) is 7.11 Å². The number of pyridine rings is 1. The van der Waals surface area contributed by atoms with Crippen LogP contribution in [0.3, 0.4) is 0 Å². The number of methoxy groups -OCH3 is 1. The Morgan fingerprint density at radius 1 is 1.10 bits per heavy atom. The summed E-state index contributed by atoms with van der Waals surface area (Å²) in [4.78, 5) is 6.91. The smallest absolute Gasteiger partial charge is 0.241 e. The molecule has 0 radical (unpaired) electrons. The molecule has 0 aliphatic carbocycles. The highest BCUT2D eigenvalue weighted by Gasteiger charge is 2.25. The second kappa shape index (κ2) is 7.63. The number of benzene rings is 1. The first-order valence-electron chi connectivity index (χ1n) is 9.79. The molecule has 8 heteroatoms. The standard InChI is InChI=1S/C21H22N6O2/c1-28-17-6-4-5-16(13-17)20-22-19(29-25-20)14-26-11-8-15(9-12-26)21-24-23-18-7-2-3-10-27(18)21/h2-7,10,13,15H,8-9,11-12,14H2,1H3. The molecule has 0 bridgehead atoms. The minimum Gasteiger partial charge on any atom is -0.497 e. The van der Waals surface area contributed by atoms with Gasteiger partial charge in [-0.2, -0.15) is 4.98 Å². The first-order valence-corrected chi connectivity index (χ1v) is 9.79. The zero-order chi connectivity index (χ0) is 19.6. The average Bonchev–Trinajstić information content (AvgIpc) is 3.42. The van der Waals surface area contributed by atoms with Crippen molar-refractivity contribution in [3.8, 4) is 17.1 Å². The van der Waals surface area contributed by atoms with E-state index in [2.05, 4.69) is 29.6 Å². The molecule has 1 aliphatic heterocycles. The molecule has 29 heavy (non-hydrogen) atoms. The van der Waals surface area contributed by atoms with E-state index in [1.807, 2.05) is 48.7 Å². The lowest BCUT2D eigenvalue weighted by Crippen LogP contribution is -2.33.